The van der Waals surface area contributed by atoms with E-state index in [-0.39, 0.29) is 31.9 Å². The average Bonchev–Trinajstić information content (AvgIpc) is 3.64. The number of aromatic nitrogens is 4. The van der Waals surface area contributed by atoms with Crippen molar-refractivity contribution in [1.82, 2.24) is 19.9 Å². The van der Waals surface area contributed by atoms with E-state index in [2.05, 4.69) is 30.0 Å². The van der Waals surface area contributed by atoms with Crippen LogP contribution in [0.2, 0.25) is 10.0 Å². The molecule has 1 aliphatic carbocycles. The molecule has 0 aliphatic heterocycles. The Labute approximate surface area is 247 Å². The fourth-order valence-electron chi connectivity index (χ4n) is 3.98. The van der Waals surface area contributed by atoms with Gasteiger partial charge in [0.2, 0.25) is 5.95 Å². The lowest BCUT2D eigenvalue weighted by atomic mass is 10.1. The highest BCUT2D eigenvalue weighted by molar-refractivity contribution is 7.93. The lowest BCUT2D eigenvalue weighted by Gasteiger charge is -2.13. The van der Waals surface area contributed by atoms with Gasteiger partial charge in [-0.25, -0.2) is 32.2 Å². The zero-order valence-electron chi connectivity index (χ0n) is 20.8. The SMILES string of the molecule is O=S(=O)(Nc1cccc(-c2nc(-c3ccc(F)cn3)sc2-c2ccnc(NC3CC3)n2)c1F)c1c(Cl)cccc1Cl. The minimum Gasteiger partial charge on any atom is -0.351 e. The number of hydrogen-bond acceptors (Lipinski definition) is 8. The molecule has 0 amide bonds. The third-order valence-corrected chi connectivity index (χ3v) is 9.48. The molecule has 41 heavy (non-hydrogen) atoms. The summed E-state index contributed by atoms with van der Waals surface area (Å²) < 4.78 is 58.2. The summed E-state index contributed by atoms with van der Waals surface area (Å²) in [7, 11) is -4.36. The van der Waals surface area contributed by atoms with E-state index in [1.807, 2.05) is 0 Å². The molecule has 6 rings (SSSR count). The molecule has 3 heterocycles. The Morgan fingerprint density at radius 1 is 0.902 bits per heavy atom. The van der Waals surface area contributed by atoms with E-state index >= 15 is 4.39 Å². The Balaban J connectivity index is 1.46. The van der Waals surface area contributed by atoms with Crippen LogP contribution < -0.4 is 10.0 Å². The standard InChI is InChI=1S/C27H18Cl2F2N6O2S2/c28-17-4-2-5-18(29)25(17)41(38,39)37-19-6-1-3-16(22(19)31)23-24(20-11-12-32-27(35-20)34-15-8-9-15)40-26(36-23)21-10-7-14(30)13-33-21/h1-7,10-13,15,37H,8-9H2,(H,32,34,35). The number of pyridine rings is 1. The van der Waals surface area contributed by atoms with E-state index < -0.39 is 21.7 Å². The van der Waals surface area contributed by atoms with Crippen LogP contribution in [0.5, 0.6) is 0 Å². The number of benzene rings is 2. The van der Waals surface area contributed by atoms with Gasteiger partial charge in [-0.1, -0.05) is 35.3 Å². The van der Waals surface area contributed by atoms with Gasteiger partial charge < -0.3 is 5.32 Å². The van der Waals surface area contributed by atoms with Crippen molar-refractivity contribution in [2.24, 2.45) is 0 Å². The zero-order valence-corrected chi connectivity index (χ0v) is 23.9. The quantitative estimate of drug-likeness (QED) is 0.185. The summed E-state index contributed by atoms with van der Waals surface area (Å²) in [6.07, 6.45) is 4.69. The van der Waals surface area contributed by atoms with Crippen molar-refractivity contribution in [1.29, 1.82) is 0 Å². The summed E-state index contributed by atoms with van der Waals surface area (Å²) in [6, 6.07) is 13.2. The molecule has 1 saturated carbocycles. The van der Waals surface area contributed by atoms with Gasteiger partial charge in [-0.3, -0.25) is 9.71 Å². The monoisotopic (exact) mass is 630 g/mol. The van der Waals surface area contributed by atoms with Crippen LogP contribution in [0, 0.1) is 11.6 Å². The predicted molar refractivity (Wildman–Crippen MR) is 156 cm³/mol. The van der Waals surface area contributed by atoms with Crippen LogP contribution in [0.25, 0.3) is 32.5 Å². The second-order valence-electron chi connectivity index (χ2n) is 9.07. The van der Waals surface area contributed by atoms with Crippen molar-refractivity contribution >= 4 is 56.2 Å². The van der Waals surface area contributed by atoms with Gasteiger partial charge in [0.25, 0.3) is 10.0 Å². The number of nitrogens with one attached hydrogen (secondary N) is 2. The first-order chi connectivity index (χ1) is 19.7. The molecular formula is C27H18Cl2F2N6O2S2. The number of anilines is 2. The highest BCUT2D eigenvalue weighted by atomic mass is 35.5. The van der Waals surface area contributed by atoms with Crippen LogP contribution in [0.4, 0.5) is 20.4 Å². The van der Waals surface area contributed by atoms with E-state index in [9.17, 15) is 12.8 Å². The summed E-state index contributed by atoms with van der Waals surface area (Å²) in [6.45, 7) is 0. The first-order valence-electron chi connectivity index (χ1n) is 12.2. The highest BCUT2D eigenvalue weighted by Gasteiger charge is 2.27. The lowest BCUT2D eigenvalue weighted by molar-refractivity contribution is 0.599. The van der Waals surface area contributed by atoms with Gasteiger partial charge in [-0.2, -0.15) is 0 Å². The fraction of sp³-hybridized carbons (Fsp3) is 0.111. The minimum absolute atomic E-state index is 0.00498. The Morgan fingerprint density at radius 2 is 1.66 bits per heavy atom. The molecule has 5 aromatic rings. The van der Waals surface area contributed by atoms with Crippen LogP contribution in [-0.2, 0) is 10.0 Å². The summed E-state index contributed by atoms with van der Waals surface area (Å²) in [5.41, 5.74) is 0.710. The number of hydrogen-bond donors (Lipinski definition) is 2. The molecule has 2 aromatic carbocycles. The zero-order chi connectivity index (χ0) is 28.7. The maximum absolute atomic E-state index is 16.1. The van der Waals surface area contributed by atoms with Crippen LogP contribution in [0.3, 0.4) is 0 Å². The number of thiazole rings is 1. The first kappa shape index (κ1) is 27.5. The molecule has 0 saturated heterocycles. The van der Waals surface area contributed by atoms with E-state index in [1.165, 1.54) is 59.9 Å². The maximum atomic E-state index is 16.1. The van der Waals surface area contributed by atoms with Gasteiger partial charge in [-0.05, 0) is 55.3 Å². The van der Waals surface area contributed by atoms with E-state index in [1.54, 1.807) is 12.3 Å². The van der Waals surface area contributed by atoms with E-state index in [4.69, 9.17) is 23.2 Å². The Morgan fingerprint density at radius 3 is 2.37 bits per heavy atom. The topological polar surface area (TPSA) is 110 Å². The molecule has 208 valence electrons. The largest absolute Gasteiger partial charge is 0.351 e. The van der Waals surface area contributed by atoms with Crippen molar-refractivity contribution < 1.29 is 17.2 Å². The summed E-state index contributed by atoms with van der Waals surface area (Å²) in [5, 5.41) is 3.40. The fourth-order valence-corrected chi connectivity index (χ4v) is 7.21. The molecular weight excluding hydrogens is 613 g/mol. The normalized spacial score (nSPS) is 13.3. The van der Waals surface area contributed by atoms with Crippen molar-refractivity contribution in [3.05, 3.63) is 88.7 Å². The number of sulfonamides is 1. The first-order valence-corrected chi connectivity index (χ1v) is 15.2. The average molecular weight is 632 g/mol. The molecule has 3 aromatic heterocycles. The second kappa shape index (κ2) is 10.9. The lowest BCUT2D eigenvalue weighted by Crippen LogP contribution is -2.15. The van der Waals surface area contributed by atoms with Gasteiger partial charge >= 0.3 is 0 Å². The molecule has 0 unspecified atom stereocenters. The molecule has 14 heteroatoms. The van der Waals surface area contributed by atoms with Crippen LogP contribution in [0.1, 0.15) is 12.8 Å². The van der Waals surface area contributed by atoms with Crippen LogP contribution >= 0.6 is 34.5 Å². The predicted octanol–water partition coefficient (Wildman–Crippen LogP) is 7.29. The molecule has 1 fully saturated rings. The van der Waals surface area contributed by atoms with Crippen molar-refractivity contribution in [3.63, 3.8) is 0 Å². The van der Waals surface area contributed by atoms with E-state index in [0.29, 0.717) is 33.3 Å². The summed E-state index contributed by atoms with van der Waals surface area (Å²) in [4.78, 5) is 17.7. The van der Waals surface area contributed by atoms with Gasteiger partial charge in [0.05, 0.1) is 43.9 Å². The van der Waals surface area contributed by atoms with Gasteiger partial charge in [0.15, 0.2) is 5.82 Å². The van der Waals surface area contributed by atoms with Crippen molar-refractivity contribution in [2.45, 2.75) is 23.8 Å². The smallest absolute Gasteiger partial charge is 0.264 e. The Hall–Kier alpha value is -3.71. The molecule has 0 radical (unpaired) electrons. The van der Waals surface area contributed by atoms with Crippen LogP contribution in [-0.4, -0.2) is 34.4 Å². The molecule has 0 bridgehead atoms. The molecule has 1 aliphatic rings. The molecule has 2 N–H and O–H groups in total. The maximum Gasteiger partial charge on any atom is 0.264 e. The summed E-state index contributed by atoms with van der Waals surface area (Å²) in [5.74, 6) is -0.971. The third-order valence-electron chi connectivity index (χ3n) is 6.06. The van der Waals surface area contributed by atoms with E-state index in [0.717, 1.165) is 19.0 Å². The number of halogens is 4. The van der Waals surface area contributed by atoms with Crippen molar-refractivity contribution in [2.75, 3.05) is 10.0 Å². The highest BCUT2D eigenvalue weighted by Crippen LogP contribution is 2.42. The van der Waals surface area contributed by atoms with Gasteiger partial charge in [0.1, 0.15) is 15.7 Å². The Kier molecular flexibility index (Phi) is 7.32. The minimum atomic E-state index is -4.36. The molecule has 0 atom stereocenters. The van der Waals surface area contributed by atoms with Crippen LogP contribution in [0.15, 0.2) is 71.9 Å². The van der Waals surface area contributed by atoms with Gasteiger partial charge in [-0.15, -0.1) is 11.3 Å². The Bertz CT molecular complexity index is 1860. The van der Waals surface area contributed by atoms with Crippen molar-refractivity contribution in [3.8, 4) is 32.5 Å². The number of rotatable bonds is 8. The molecule has 0 spiro atoms. The third kappa shape index (κ3) is 5.73. The van der Waals surface area contributed by atoms with Gasteiger partial charge in [0, 0.05) is 17.8 Å². The second-order valence-corrected chi connectivity index (χ2v) is 12.5. The number of nitrogens with zero attached hydrogens (tertiary/aromatic N) is 4. The molecule has 8 nitrogen and oxygen atoms in total. The summed E-state index contributed by atoms with van der Waals surface area (Å²) >= 11 is 13.4.